The standard InChI is InChI=1S/C23H25BN4O3/c1-13-9-19-17(7-4-8-18(19)21(25)29)20(13)23-26-11-14(2)22(28-23)27-12-15-5-3-6-16(10-15)24(30)31/h3-8,10-11,13,20,30-31H,9,12H2,1-2H3,(H2,25,29)(H,26,27,28). The van der Waals surface area contributed by atoms with Gasteiger partial charge in [-0.25, -0.2) is 9.97 Å². The second-order valence-corrected chi connectivity index (χ2v) is 8.13. The highest BCUT2D eigenvalue weighted by atomic mass is 16.4. The van der Waals surface area contributed by atoms with Crippen LogP contribution in [0.15, 0.2) is 48.7 Å². The third-order valence-corrected chi connectivity index (χ3v) is 5.89. The fourth-order valence-corrected chi connectivity index (χ4v) is 4.33. The minimum atomic E-state index is -1.50. The predicted molar refractivity (Wildman–Crippen MR) is 120 cm³/mol. The molecule has 0 fully saturated rings. The summed E-state index contributed by atoms with van der Waals surface area (Å²) in [5.41, 5.74) is 10.5. The number of nitrogens with zero attached hydrogens (tertiary/aromatic N) is 2. The Hall–Kier alpha value is -3.23. The van der Waals surface area contributed by atoms with Gasteiger partial charge in [0.05, 0.1) is 0 Å². The molecule has 0 radical (unpaired) electrons. The number of primary amides is 1. The molecule has 0 spiro atoms. The van der Waals surface area contributed by atoms with E-state index >= 15 is 0 Å². The number of anilines is 1. The molecule has 0 aliphatic heterocycles. The first-order valence-electron chi connectivity index (χ1n) is 10.3. The van der Waals surface area contributed by atoms with Crippen LogP contribution in [0, 0.1) is 12.8 Å². The van der Waals surface area contributed by atoms with E-state index in [1.165, 1.54) is 0 Å². The lowest BCUT2D eigenvalue weighted by Gasteiger charge is -2.18. The van der Waals surface area contributed by atoms with Crippen LogP contribution >= 0.6 is 0 Å². The Morgan fingerprint density at radius 1 is 1.26 bits per heavy atom. The van der Waals surface area contributed by atoms with Crippen LogP contribution in [0.3, 0.4) is 0 Å². The molecule has 1 amide bonds. The maximum atomic E-state index is 11.8. The first kappa shape index (κ1) is 21.0. The molecule has 2 atom stereocenters. The first-order valence-corrected chi connectivity index (χ1v) is 10.3. The van der Waals surface area contributed by atoms with E-state index in [-0.39, 0.29) is 11.8 Å². The van der Waals surface area contributed by atoms with Gasteiger partial charge >= 0.3 is 7.12 Å². The highest BCUT2D eigenvalue weighted by Crippen LogP contribution is 2.42. The van der Waals surface area contributed by atoms with Crippen molar-refractivity contribution in [3.63, 3.8) is 0 Å². The molecule has 2 aromatic carbocycles. The topological polar surface area (TPSA) is 121 Å². The van der Waals surface area contributed by atoms with E-state index in [1.807, 2.05) is 25.1 Å². The van der Waals surface area contributed by atoms with Gasteiger partial charge in [0.25, 0.3) is 0 Å². The van der Waals surface area contributed by atoms with E-state index in [1.54, 1.807) is 30.5 Å². The van der Waals surface area contributed by atoms with Crippen molar-refractivity contribution in [1.82, 2.24) is 9.97 Å². The van der Waals surface area contributed by atoms with Gasteiger partial charge in [-0.2, -0.15) is 0 Å². The fourth-order valence-electron chi connectivity index (χ4n) is 4.33. The van der Waals surface area contributed by atoms with E-state index in [0.29, 0.717) is 23.4 Å². The number of benzene rings is 2. The molecule has 1 heterocycles. The number of rotatable bonds is 6. The monoisotopic (exact) mass is 416 g/mol. The van der Waals surface area contributed by atoms with Gasteiger partial charge in [-0.05, 0) is 47.5 Å². The highest BCUT2D eigenvalue weighted by Gasteiger charge is 2.35. The van der Waals surface area contributed by atoms with Crippen LogP contribution in [0.2, 0.25) is 0 Å². The zero-order valence-corrected chi connectivity index (χ0v) is 17.5. The van der Waals surface area contributed by atoms with E-state index in [0.717, 1.165) is 34.5 Å². The number of hydrogen-bond donors (Lipinski definition) is 4. The molecular formula is C23H25BN4O3. The normalized spacial score (nSPS) is 17.3. The van der Waals surface area contributed by atoms with Crippen LogP contribution < -0.4 is 16.5 Å². The molecular weight excluding hydrogens is 391 g/mol. The number of nitrogens with two attached hydrogens (primary N) is 1. The number of nitrogens with one attached hydrogen (secondary N) is 1. The van der Waals surface area contributed by atoms with Crippen LogP contribution in [-0.4, -0.2) is 33.0 Å². The van der Waals surface area contributed by atoms with Gasteiger partial charge in [0.15, 0.2) is 0 Å². The summed E-state index contributed by atoms with van der Waals surface area (Å²) in [6.45, 7) is 4.56. The van der Waals surface area contributed by atoms with Crippen molar-refractivity contribution in [1.29, 1.82) is 0 Å². The third-order valence-electron chi connectivity index (χ3n) is 5.89. The van der Waals surface area contributed by atoms with E-state index in [2.05, 4.69) is 17.2 Å². The van der Waals surface area contributed by atoms with Crippen LogP contribution in [0.5, 0.6) is 0 Å². The molecule has 3 aromatic rings. The van der Waals surface area contributed by atoms with E-state index in [4.69, 9.17) is 10.7 Å². The summed E-state index contributed by atoms with van der Waals surface area (Å²) >= 11 is 0. The van der Waals surface area contributed by atoms with Crippen molar-refractivity contribution in [2.45, 2.75) is 32.7 Å². The maximum absolute atomic E-state index is 11.8. The second-order valence-electron chi connectivity index (χ2n) is 8.13. The van der Waals surface area contributed by atoms with Crippen molar-refractivity contribution in [3.05, 3.63) is 82.3 Å². The smallest absolute Gasteiger partial charge is 0.423 e. The molecule has 158 valence electrons. The molecule has 1 aromatic heterocycles. The Bertz CT molecular complexity index is 1140. The number of hydrogen-bond acceptors (Lipinski definition) is 6. The summed E-state index contributed by atoms with van der Waals surface area (Å²) in [6.07, 6.45) is 2.57. The van der Waals surface area contributed by atoms with Crippen molar-refractivity contribution >= 4 is 24.3 Å². The fraction of sp³-hybridized carbons (Fsp3) is 0.261. The van der Waals surface area contributed by atoms with Crippen molar-refractivity contribution in [2.75, 3.05) is 5.32 Å². The number of carbonyl (C=O) groups excluding carboxylic acids is 1. The molecule has 8 heteroatoms. The summed E-state index contributed by atoms with van der Waals surface area (Å²) in [7, 11) is -1.50. The van der Waals surface area contributed by atoms with Gasteiger partial charge in [0.1, 0.15) is 11.6 Å². The Morgan fingerprint density at radius 3 is 2.77 bits per heavy atom. The van der Waals surface area contributed by atoms with Gasteiger partial charge < -0.3 is 21.1 Å². The molecule has 31 heavy (non-hydrogen) atoms. The predicted octanol–water partition coefficient (Wildman–Crippen LogP) is 1.50. The van der Waals surface area contributed by atoms with Gasteiger partial charge in [-0.1, -0.05) is 43.3 Å². The molecule has 2 unspecified atom stereocenters. The van der Waals surface area contributed by atoms with Crippen LogP contribution in [0.4, 0.5) is 5.82 Å². The van der Waals surface area contributed by atoms with E-state index < -0.39 is 13.0 Å². The number of aryl methyl sites for hydroxylation is 1. The molecule has 0 saturated carbocycles. The number of fused-ring (bicyclic) bond motifs is 1. The summed E-state index contributed by atoms with van der Waals surface area (Å²) in [5.74, 6) is 1.26. The molecule has 0 saturated heterocycles. The molecule has 5 N–H and O–H groups in total. The highest BCUT2D eigenvalue weighted by molar-refractivity contribution is 6.58. The molecule has 4 rings (SSSR count). The molecule has 1 aliphatic carbocycles. The number of aromatic nitrogens is 2. The quantitative estimate of drug-likeness (QED) is 0.452. The van der Waals surface area contributed by atoms with Gasteiger partial charge in [0, 0.05) is 29.8 Å². The zero-order chi connectivity index (χ0) is 22.1. The van der Waals surface area contributed by atoms with Crippen molar-refractivity contribution in [2.24, 2.45) is 11.7 Å². The largest absolute Gasteiger partial charge is 0.488 e. The lowest BCUT2D eigenvalue weighted by molar-refractivity contribution is 0.0999. The Balaban J connectivity index is 1.61. The van der Waals surface area contributed by atoms with Crippen LogP contribution in [0.25, 0.3) is 0 Å². The van der Waals surface area contributed by atoms with Crippen molar-refractivity contribution < 1.29 is 14.8 Å². The SMILES string of the molecule is Cc1cnc(C2c3cccc(C(N)=O)c3CC2C)nc1NCc1cccc(B(O)O)c1. The third kappa shape index (κ3) is 4.17. The first-order chi connectivity index (χ1) is 14.8. The van der Waals surface area contributed by atoms with Gasteiger partial charge in [-0.3, -0.25) is 4.79 Å². The second kappa shape index (κ2) is 8.49. The lowest BCUT2D eigenvalue weighted by Crippen LogP contribution is -2.30. The van der Waals surface area contributed by atoms with E-state index in [9.17, 15) is 14.8 Å². The Kier molecular flexibility index (Phi) is 5.76. The van der Waals surface area contributed by atoms with Crippen LogP contribution in [-0.2, 0) is 13.0 Å². The van der Waals surface area contributed by atoms with Gasteiger partial charge in [-0.15, -0.1) is 0 Å². The summed E-state index contributed by atoms with van der Waals surface area (Å²) in [6, 6.07) is 12.8. The average molecular weight is 416 g/mol. The minimum Gasteiger partial charge on any atom is -0.423 e. The number of carbonyl (C=O) groups is 1. The summed E-state index contributed by atoms with van der Waals surface area (Å²) < 4.78 is 0. The molecule has 1 aliphatic rings. The minimum absolute atomic E-state index is 0.0108. The Morgan fingerprint density at radius 2 is 2.03 bits per heavy atom. The maximum Gasteiger partial charge on any atom is 0.488 e. The average Bonchev–Trinajstić information content (AvgIpc) is 3.09. The van der Waals surface area contributed by atoms with Crippen molar-refractivity contribution in [3.8, 4) is 0 Å². The zero-order valence-electron chi connectivity index (χ0n) is 17.5. The number of amides is 1. The lowest BCUT2D eigenvalue weighted by atomic mass is 9.80. The summed E-state index contributed by atoms with van der Waals surface area (Å²) in [5, 5.41) is 22.1. The Labute approximate surface area is 181 Å². The summed E-state index contributed by atoms with van der Waals surface area (Å²) in [4.78, 5) is 21.3. The van der Waals surface area contributed by atoms with Gasteiger partial charge in [0.2, 0.25) is 5.91 Å². The molecule has 0 bridgehead atoms. The molecule has 7 nitrogen and oxygen atoms in total. The van der Waals surface area contributed by atoms with Crippen LogP contribution in [0.1, 0.15) is 51.3 Å².